The third kappa shape index (κ3) is 4.45. The van der Waals surface area contributed by atoms with E-state index in [4.69, 9.17) is 5.73 Å². The van der Waals surface area contributed by atoms with Crippen LogP contribution in [-0.2, 0) is 17.9 Å². The molecule has 36 heavy (non-hydrogen) atoms. The summed E-state index contributed by atoms with van der Waals surface area (Å²) >= 11 is 0. The predicted octanol–water partition coefficient (Wildman–Crippen LogP) is 2.26. The Hall–Kier alpha value is -4.47. The van der Waals surface area contributed by atoms with E-state index in [2.05, 4.69) is 10.3 Å². The molecular formula is C26H26N6O4. The van der Waals surface area contributed by atoms with Crippen LogP contribution in [0.5, 0.6) is 0 Å². The Morgan fingerprint density at radius 3 is 2.33 bits per heavy atom. The standard InChI is InChI=1S/C26H26N6O4/c27-23(34)18-10-12-19(13-11-18)29-21(33)15-31-25(35)22-24(28-16-32(22)20-8-4-5-9-20)30(26(31)36)14-17-6-2-1-3-7-17/h1-3,6-7,10-13,16,20H,4-5,8-9,14-15H2,(H2,27,34)(H,29,33). The molecule has 5 rings (SSSR count). The maximum absolute atomic E-state index is 13.6. The highest BCUT2D eigenvalue weighted by molar-refractivity contribution is 5.94. The smallest absolute Gasteiger partial charge is 0.333 e. The highest BCUT2D eigenvalue weighted by atomic mass is 16.2. The van der Waals surface area contributed by atoms with E-state index in [-0.39, 0.29) is 12.6 Å². The minimum atomic E-state index is -0.604. The molecule has 2 aromatic carbocycles. The van der Waals surface area contributed by atoms with Gasteiger partial charge in [-0.05, 0) is 42.7 Å². The average Bonchev–Trinajstić information content (AvgIpc) is 3.56. The van der Waals surface area contributed by atoms with E-state index in [0.29, 0.717) is 22.4 Å². The van der Waals surface area contributed by atoms with Gasteiger partial charge in [0.05, 0.1) is 12.9 Å². The number of fused-ring (bicyclic) bond motifs is 1. The fourth-order valence-corrected chi connectivity index (χ4v) is 4.78. The molecular weight excluding hydrogens is 460 g/mol. The summed E-state index contributed by atoms with van der Waals surface area (Å²) in [5.74, 6) is -1.12. The molecule has 4 aromatic rings. The average molecular weight is 487 g/mol. The SMILES string of the molecule is NC(=O)c1ccc(NC(=O)Cn2c(=O)c3c(ncn3C3CCCC3)n(Cc3ccccc3)c2=O)cc1. The number of rotatable bonds is 7. The number of amides is 2. The maximum Gasteiger partial charge on any atom is 0.333 e. The zero-order valence-corrected chi connectivity index (χ0v) is 19.6. The highest BCUT2D eigenvalue weighted by Crippen LogP contribution is 2.31. The first-order valence-electron chi connectivity index (χ1n) is 11.9. The molecule has 1 aliphatic carbocycles. The lowest BCUT2D eigenvalue weighted by molar-refractivity contribution is -0.116. The first-order valence-corrected chi connectivity index (χ1v) is 11.9. The zero-order valence-electron chi connectivity index (χ0n) is 19.6. The number of nitrogens with zero attached hydrogens (tertiary/aromatic N) is 4. The highest BCUT2D eigenvalue weighted by Gasteiger charge is 2.25. The number of primary amides is 1. The van der Waals surface area contributed by atoms with Crippen molar-refractivity contribution in [3.8, 4) is 0 Å². The quantitative estimate of drug-likeness (QED) is 0.413. The molecule has 1 fully saturated rings. The minimum Gasteiger partial charge on any atom is -0.366 e. The van der Waals surface area contributed by atoms with Gasteiger partial charge in [0.1, 0.15) is 6.54 Å². The van der Waals surface area contributed by atoms with Gasteiger partial charge in [-0.1, -0.05) is 43.2 Å². The third-order valence-electron chi connectivity index (χ3n) is 6.60. The van der Waals surface area contributed by atoms with Crippen LogP contribution in [0.4, 0.5) is 5.69 Å². The van der Waals surface area contributed by atoms with Crippen molar-refractivity contribution < 1.29 is 9.59 Å². The number of benzene rings is 2. The van der Waals surface area contributed by atoms with E-state index < -0.39 is 29.6 Å². The number of imidazole rings is 1. The molecule has 10 heteroatoms. The molecule has 184 valence electrons. The summed E-state index contributed by atoms with van der Waals surface area (Å²) in [6.07, 6.45) is 5.64. The molecule has 3 N–H and O–H groups in total. The molecule has 0 aliphatic heterocycles. The lowest BCUT2D eigenvalue weighted by Crippen LogP contribution is -2.43. The third-order valence-corrected chi connectivity index (χ3v) is 6.60. The van der Waals surface area contributed by atoms with E-state index in [1.807, 2.05) is 34.9 Å². The minimum absolute atomic E-state index is 0.136. The van der Waals surface area contributed by atoms with Gasteiger partial charge >= 0.3 is 5.69 Å². The number of hydrogen-bond donors (Lipinski definition) is 2. The lowest BCUT2D eigenvalue weighted by atomic mass is 10.2. The van der Waals surface area contributed by atoms with E-state index in [1.54, 1.807) is 6.33 Å². The summed E-state index contributed by atoms with van der Waals surface area (Å²) < 4.78 is 4.28. The Kier molecular flexibility index (Phi) is 6.24. The van der Waals surface area contributed by atoms with Crippen molar-refractivity contribution in [3.05, 3.63) is 92.9 Å². The molecule has 0 atom stereocenters. The molecule has 1 aliphatic rings. The van der Waals surface area contributed by atoms with Gasteiger partial charge in [-0.2, -0.15) is 0 Å². The van der Waals surface area contributed by atoms with E-state index in [9.17, 15) is 19.2 Å². The molecule has 1 saturated carbocycles. The monoisotopic (exact) mass is 486 g/mol. The van der Waals surface area contributed by atoms with Crippen molar-refractivity contribution in [1.29, 1.82) is 0 Å². The Labute approximate surface area is 206 Å². The van der Waals surface area contributed by atoms with Crippen LogP contribution >= 0.6 is 0 Å². The molecule has 2 heterocycles. The summed E-state index contributed by atoms with van der Waals surface area (Å²) in [4.78, 5) is 55.6. The molecule has 10 nitrogen and oxygen atoms in total. The van der Waals surface area contributed by atoms with Crippen LogP contribution in [-0.4, -0.2) is 30.5 Å². The van der Waals surface area contributed by atoms with Crippen molar-refractivity contribution in [2.45, 2.75) is 44.8 Å². The summed E-state index contributed by atoms with van der Waals surface area (Å²) in [6, 6.07) is 15.6. The van der Waals surface area contributed by atoms with Crippen molar-refractivity contribution in [1.82, 2.24) is 18.7 Å². The summed E-state index contributed by atoms with van der Waals surface area (Å²) in [7, 11) is 0. The second-order valence-corrected chi connectivity index (χ2v) is 9.00. The van der Waals surface area contributed by atoms with Crippen LogP contribution < -0.4 is 22.3 Å². The maximum atomic E-state index is 13.6. The van der Waals surface area contributed by atoms with E-state index in [1.165, 1.54) is 28.8 Å². The Morgan fingerprint density at radius 1 is 0.972 bits per heavy atom. The second kappa shape index (κ2) is 9.65. The van der Waals surface area contributed by atoms with Gasteiger partial charge in [-0.3, -0.25) is 19.0 Å². The van der Waals surface area contributed by atoms with Crippen molar-refractivity contribution >= 4 is 28.7 Å². The van der Waals surface area contributed by atoms with Gasteiger partial charge in [0.2, 0.25) is 11.8 Å². The fraction of sp³-hybridized carbons (Fsp3) is 0.269. The second-order valence-electron chi connectivity index (χ2n) is 9.00. The van der Waals surface area contributed by atoms with Crippen molar-refractivity contribution in [2.24, 2.45) is 5.73 Å². The summed E-state index contributed by atoms with van der Waals surface area (Å²) in [6.45, 7) is -0.246. The predicted molar refractivity (Wildman–Crippen MR) is 135 cm³/mol. The van der Waals surface area contributed by atoms with E-state index >= 15 is 0 Å². The number of nitrogens with two attached hydrogens (primary N) is 1. The summed E-state index contributed by atoms with van der Waals surface area (Å²) in [5.41, 5.74) is 6.36. The molecule has 0 radical (unpaired) electrons. The van der Waals surface area contributed by atoms with Gasteiger partial charge in [0.15, 0.2) is 11.2 Å². The van der Waals surface area contributed by atoms with Crippen LogP contribution in [0.1, 0.15) is 47.6 Å². The Balaban J connectivity index is 1.54. The van der Waals surface area contributed by atoms with Crippen molar-refractivity contribution in [2.75, 3.05) is 5.32 Å². The topological polar surface area (TPSA) is 134 Å². The van der Waals surface area contributed by atoms with Crippen LogP contribution in [0, 0.1) is 0 Å². The van der Waals surface area contributed by atoms with Gasteiger partial charge in [0, 0.05) is 17.3 Å². The molecule has 0 saturated heterocycles. The molecule has 0 unspecified atom stereocenters. The number of carbonyl (C=O) groups excluding carboxylic acids is 2. The van der Waals surface area contributed by atoms with Crippen LogP contribution in [0.25, 0.3) is 11.2 Å². The number of aromatic nitrogens is 4. The Morgan fingerprint density at radius 2 is 1.67 bits per heavy atom. The van der Waals surface area contributed by atoms with Gasteiger partial charge < -0.3 is 15.6 Å². The number of nitrogens with one attached hydrogen (secondary N) is 1. The number of anilines is 1. The van der Waals surface area contributed by atoms with Gasteiger partial charge in [-0.15, -0.1) is 0 Å². The van der Waals surface area contributed by atoms with Crippen LogP contribution in [0.2, 0.25) is 0 Å². The van der Waals surface area contributed by atoms with Crippen molar-refractivity contribution in [3.63, 3.8) is 0 Å². The van der Waals surface area contributed by atoms with Crippen LogP contribution in [0.3, 0.4) is 0 Å². The first-order chi connectivity index (χ1) is 17.4. The Bertz CT molecular complexity index is 1540. The lowest BCUT2D eigenvalue weighted by Gasteiger charge is -2.15. The molecule has 2 amide bonds. The van der Waals surface area contributed by atoms with E-state index in [0.717, 1.165) is 35.8 Å². The van der Waals surface area contributed by atoms with Gasteiger partial charge in [-0.25, -0.2) is 14.3 Å². The molecule has 0 bridgehead atoms. The molecule has 0 spiro atoms. The fourth-order valence-electron chi connectivity index (χ4n) is 4.78. The zero-order chi connectivity index (χ0) is 25.2. The molecule has 2 aromatic heterocycles. The largest absolute Gasteiger partial charge is 0.366 e. The van der Waals surface area contributed by atoms with Gasteiger partial charge in [0.25, 0.3) is 5.56 Å². The summed E-state index contributed by atoms with van der Waals surface area (Å²) in [5, 5.41) is 2.67. The number of carbonyl (C=O) groups is 2. The van der Waals surface area contributed by atoms with Crippen LogP contribution in [0.15, 0.2) is 70.5 Å². The number of hydrogen-bond acceptors (Lipinski definition) is 5. The first kappa shape index (κ1) is 23.3. The normalized spacial score (nSPS) is 13.8.